The summed E-state index contributed by atoms with van der Waals surface area (Å²) in [4.78, 5) is 10.8. The molecule has 0 spiro atoms. The lowest BCUT2D eigenvalue weighted by atomic mass is 9.68. The van der Waals surface area contributed by atoms with Crippen molar-refractivity contribution >= 4 is 5.97 Å². The molecule has 0 aliphatic heterocycles. The van der Waals surface area contributed by atoms with E-state index in [1.165, 1.54) is 31.4 Å². The van der Waals surface area contributed by atoms with Gasteiger partial charge in [0.05, 0.1) is 5.56 Å². The second kappa shape index (κ2) is 5.09. The number of hydrogen-bond acceptors (Lipinski definition) is 1. The van der Waals surface area contributed by atoms with Crippen LogP contribution < -0.4 is 0 Å². The fraction of sp³-hybridized carbons (Fsp3) is 0.533. The summed E-state index contributed by atoms with van der Waals surface area (Å²) in [7, 11) is 0. The molecule has 0 bridgehead atoms. The second-order valence-electron chi connectivity index (χ2n) is 5.19. The molecule has 0 atom stereocenters. The van der Waals surface area contributed by atoms with Gasteiger partial charge in [0.15, 0.2) is 0 Å². The molecule has 0 unspecified atom stereocenters. The number of aromatic carboxylic acids is 1. The maximum absolute atomic E-state index is 13.8. The van der Waals surface area contributed by atoms with Gasteiger partial charge < -0.3 is 5.11 Å². The van der Waals surface area contributed by atoms with E-state index in [2.05, 4.69) is 6.92 Å². The van der Waals surface area contributed by atoms with Crippen LogP contribution in [0.5, 0.6) is 0 Å². The molecule has 2 rings (SSSR count). The average molecular weight is 250 g/mol. The van der Waals surface area contributed by atoms with Crippen molar-refractivity contribution in [2.24, 2.45) is 0 Å². The van der Waals surface area contributed by atoms with Crippen LogP contribution in [0.2, 0.25) is 0 Å². The van der Waals surface area contributed by atoms with Crippen LogP contribution in [-0.2, 0) is 5.41 Å². The zero-order valence-electron chi connectivity index (χ0n) is 10.7. The molecule has 0 saturated heterocycles. The van der Waals surface area contributed by atoms with Crippen molar-refractivity contribution in [3.05, 3.63) is 35.1 Å². The zero-order valence-corrected chi connectivity index (χ0v) is 10.7. The van der Waals surface area contributed by atoms with Gasteiger partial charge in [-0.2, -0.15) is 0 Å². The smallest absolute Gasteiger partial charge is 0.338 e. The summed E-state index contributed by atoms with van der Waals surface area (Å²) in [5.74, 6) is -1.81. The third-order valence-corrected chi connectivity index (χ3v) is 4.30. The number of halogens is 1. The molecule has 0 heterocycles. The number of rotatable bonds is 3. The SMILES string of the molecule is CCC1(c2ccc(C(=O)O)c(F)c2)CCCCC1. The first-order valence-corrected chi connectivity index (χ1v) is 6.62. The van der Waals surface area contributed by atoms with E-state index in [-0.39, 0.29) is 11.0 Å². The molecule has 1 aromatic carbocycles. The van der Waals surface area contributed by atoms with Gasteiger partial charge in [0.1, 0.15) is 5.82 Å². The summed E-state index contributed by atoms with van der Waals surface area (Å²) >= 11 is 0. The van der Waals surface area contributed by atoms with Crippen molar-refractivity contribution in [3.63, 3.8) is 0 Å². The second-order valence-corrected chi connectivity index (χ2v) is 5.19. The van der Waals surface area contributed by atoms with Crippen LogP contribution >= 0.6 is 0 Å². The fourth-order valence-electron chi connectivity index (χ4n) is 3.09. The van der Waals surface area contributed by atoms with E-state index in [9.17, 15) is 9.18 Å². The third-order valence-electron chi connectivity index (χ3n) is 4.30. The molecule has 0 aromatic heterocycles. The number of carbonyl (C=O) groups is 1. The molecule has 3 heteroatoms. The van der Waals surface area contributed by atoms with Crippen molar-refractivity contribution in [3.8, 4) is 0 Å². The Kier molecular flexibility index (Phi) is 3.69. The van der Waals surface area contributed by atoms with E-state index >= 15 is 0 Å². The summed E-state index contributed by atoms with van der Waals surface area (Å²) in [5, 5.41) is 8.85. The van der Waals surface area contributed by atoms with E-state index in [1.54, 1.807) is 6.07 Å². The summed E-state index contributed by atoms with van der Waals surface area (Å²) < 4.78 is 13.8. The van der Waals surface area contributed by atoms with Gasteiger partial charge in [-0.1, -0.05) is 32.3 Å². The van der Waals surface area contributed by atoms with Crippen LogP contribution in [0.3, 0.4) is 0 Å². The average Bonchev–Trinajstić information content (AvgIpc) is 2.39. The minimum atomic E-state index is -1.20. The number of carboxylic acids is 1. The van der Waals surface area contributed by atoms with Gasteiger partial charge in [0, 0.05) is 0 Å². The Morgan fingerprint density at radius 3 is 2.50 bits per heavy atom. The van der Waals surface area contributed by atoms with Crippen molar-refractivity contribution < 1.29 is 14.3 Å². The van der Waals surface area contributed by atoms with Gasteiger partial charge in [0.2, 0.25) is 0 Å². The highest BCUT2D eigenvalue weighted by Gasteiger charge is 2.32. The van der Waals surface area contributed by atoms with Gasteiger partial charge >= 0.3 is 5.97 Å². The van der Waals surface area contributed by atoms with Crippen molar-refractivity contribution in [2.45, 2.75) is 50.9 Å². The molecule has 2 nitrogen and oxygen atoms in total. The molecule has 1 aliphatic rings. The Morgan fingerprint density at radius 2 is 2.00 bits per heavy atom. The Balaban J connectivity index is 2.37. The monoisotopic (exact) mass is 250 g/mol. The van der Waals surface area contributed by atoms with Crippen LogP contribution in [0.4, 0.5) is 4.39 Å². The number of carboxylic acid groups (broad SMARTS) is 1. The minimum absolute atomic E-state index is 0.0517. The maximum atomic E-state index is 13.8. The van der Waals surface area contributed by atoms with Crippen molar-refractivity contribution in [2.75, 3.05) is 0 Å². The summed E-state index contributed by atoms with van der Waals surface area (Å²) in [5.41, 5.74) is 0.781. The van der Waals surface area contributed by atoms with Crippen LogP contribution in [-0.4, -0.2) is 11.1 Å². The zero-order chi connectivity index (χ0) is 13.2. The van der Waals surface area contributed by atoms with Gasteiger partial charge in [-0.3, -0.25) is 0 Å². The lowest BCUT2D eigenvalue weighted by Crippen LogP contribution is -2.28. The third kappa shape index (κ3) is 2.26. The molecule has 0 radical (unpaired) electrons. The van der Waals surface area contributed by atoms with Crippen LogP contribution in [0, 0.1) is 5.82 Å². The summed E-state index contributed by atoms with van der Waals surface area (Å²) in [6, 6.07) is 4.62. The standard InChI is InChI=1S/C15H19FO2/c1-2-15(8-4-3-5-9-15)11-6-7-12(14(17)18)13(16)10-11/h6-7,10H,2-5,8-9H2,1H3,(H,17,18). The fourth-order valence-corrected chi connectivity index (χ4v) is 3.09. The Bertz CT molecular complexity index is 448. The molecule has 1 fully saturated rings. The lowest BCUT2D eigenvalue weighted by Gasteiger charge is -2.37. The predicted molar refractivity (Wildman–Crippen MR) is 68.4 cm³/mol. The van der Waals surface area contributed by atoms with E-state index < -0.39 is 11.8 Å². The Labute approximate surface area is 107 Å². The topological polar surface area (TPSA) is 37.3 Å². The van der Waals surface area contributed by atoms with E-state index in [1.807, 2.05) is 0 Å². The van der Waals surface area contributed by atoms with Crippen LogP contribution in [0.1, 0.15) is 61.4 Å². The molecular formula is C15H19FO2. The summed E-state index contributed by atoms with van der Waals surface area (Å²) in [6.07, 6.45) is 6.74. The highest BCUT2D eigenvalue weighted by Crippen LogP contribution is 2.42. The predicted octanol–water partition coefficient (Wildman–Crippen LogP) is 4.14. The molecule has 1 saturated carbocycles. The first-order chi connectivity index (χ1) is 8.59. The minimum Gasteiger partial charge on any atom is -0.478 e. The Morgan fingerprint density at radius 1 is 1.33 bits per heavy atom. The normalized spacial score (nSPS) is 18.6. The summed E-state index contributed by atoms with van der Waals surface area (Å²) in [6.45, 7) is 2.13. The highest BCUT2D eigenvalue weighted by molar-refractivity contribution is 5.87. The van der Waals surface area contributed by atoms with Gasteiger partial charge in [-0.05, 0) is 42.4 Å². The Hall–Kier alpha value is -1.38. The first kappa shape index (κ1) is 13.1. The van der Waals surface area contributed by atoms with Gasteiger partial charge in [0.25, 0.3) is 0 Å². The molecule has 1 N–H and O–H groups in total. The van der Waals surface area contributed by atoms with Crippen molar-refractivity contribution in [1.29, 1.82) is 0 Å². The van der Waals surface area contributed by atoms with Crippen molar-refractivity contribution in [1.82, 2.24) is 0 Å². The van der Waals surface area contributed by atoms with E-state index in [4.69, 9.17) is 5.11 Å². The molecule has 1 aliphatic carbocycles. The van der Waals surface area contributed by atoms with Gasteiger partial charge in [-0.15, -0.1) is 0 Å². The molecule has 1 aromatic rings. The highest BCUT2D eigenvalue weighted by atomic mass is 19.1. The van der Waals surface area contributed by atoms with E-state index in [0.717, 1.165) is 24.8 Å². The van der Waals surface area contributed by atoms with E-state index in [0.29, 0.717) is 0 Å². The number of hydrogen-bond donors (Lipinski definition) is 1. The number of benzene rings is 1. The molecule has 98 valence electrons. The molecule has 0 amide bonds. The van der Waals surface area contributed by atoms with Crippen LogP contribution in [0.15, 0.2) is 18.2 Å². The van der Waals surface area contributed by atoms with Crippen LogP contribution in [0.25, 0.3) is 0 Å². The maximum Gasteiger partial charge on any atom is 0.338 e. The molecular weight excluding hydrogens is 231 g/mol. The lowest BCUT2D eigenvalue weighted by molar-refractivity contribution is 0.0691. The quantitative estimate of drug-likeness (QED) is 0.875. The van der Waals surface area contributed by atoms with Gasteiger partial charge in [-0.25, -0.2) is 9.18 Å². The molecule has 18 heavy (non-hydrogen) atoms. The first-order valence-electron chi connectivity index (χ1n) is 6.62. The largest absolute Gasteiger partial charge is 0.478 e.